The first-order chi connectivity index (χ1) is 13.2. The summed E-state index contributed by atoms with van der Waals surface area (Å²) >= 11 is 4.02. The van der Waals surface area contributed by atoms with Gasteiger partial charge in [0.2, 0.25) is 0 Å². The molecule has 2 amide bonds. The molecular weight excluding hydrogens is 392 g/mol. The summed E-state index contributed by atoms with van der Waals surface area (Å²) in [6.45, 7) is 9.65. The summed E-state index contributed by atoms with van der Waals surface area (Å²) in [5.74, 6) is -1.00. The minimum atomic E-state index is -0.784. The van der Waals surface area contributed by atoms with Crippen LogP contribution in [0.5, 0.6) is 0 Å². The Balaban J connectivity index is 3.94. The van der Waals surface area contributed by atoms with Crippen LogP contribution in [0.4, 0.5) is 9.59 Å². The summed E-state index contributed by atoms with van der Waals surface area (Å²) in [6.07, 6.45) is -2.33. The number of ether oxygens (including phenoxy) is 4. The van der Waals surface area contributed by atoms with E-state index in [1.165, 1.54) is 13.8 Å². The number of rotatable bonds is 12. The van der Waals surface area contributed by atoms with Gasteiger partial charge in [0.15, 0.2) is 0 Å². The molecule has 0 aliphatic rings. The van der Waals surface area contributed by atoms with E-state index in [9.17, 15) is 19.2 Å². The van der Waals surface area contributed by atoms with Gasteiger partial charge in [-0.2, -0.15) is 12.6 Å². The molecule has 11 heteroatoms. The quantitative estimate of drug-likeness (QED) is 0.141. The third kappa shape index (κ3) is 12.6. The first kappa shape index (κ1) is 25.3. The number of hydrogen-bond acceptors (Lipinski definition) is 9. The second kappa shape index (κ2) is 14.4. The summed E-state index contributed by atoms with van der Waals surface area (Å²) in [4.78, 5) is 45.5. The van der Waals surface area contributed by atoms with Gasteiger partial charge in [-0.05, 0) is 13.8 Å². The van der Waals surface area contributed by atoms with E-state index in [-0.39, 0.29) is 49.8 Å². The van der Waals surface area contributed by atoms with E-state index < -0.39 is 30.2 Å². The lowest BCUT2D eigenvalue weighted by Gasteiger charge is -2.16. The molecule has 0 saturated heterocycles. The lowest BCUT2D eigenvalue weighted by atomic mass is 10.4. The van der Waals surface area contributed by atoms with Gasteiger partial charge in [0.05, 0.1) is 13.1 Å². The van der Waals surface area contributed by atoms with Gasteiger partial charge in [-0.1, -0.05) is 13.2 Å². The number of amides is 2. The highest BCUT2D eigenvalue weighted by molar-refractivity contribution is 7.80. The molecule has 1 atom stereocenters. The number of nitrogens with one attached hydrogen (secondary N) is 2. The molecule has 0 heterocycles. The maximum absolute atomic E-state index is 11.6. The van der Waals surface area contributed by atoms with Crippen LogP contribution in [0.15, 0.2) is 24.3 Å². The molecule has 0 fully saturated rings. The summed E-state index contributed by atoms with van der Waals surface area (Å²) < 4.78 is 19.5. The third-order valence-corrected chi connectivity index (χ3v) is 3.19. The Morgan fingerprint density at radius 3 is 1.75 bits per heavy atom. The Hall–Kier alpha value is -2.69. The molecule has 158 valence electrons. The molecule has 0 rings (SSSR count). The largest absolute Gasteiger partial charge is 0.460 e. The van der Waals surface area contributed by atoms with Crippen molar-refractivity contribution >= 4 is 36.8 Å². The van der Waals surface area contributed by atoms with Crippen molar-refractivity contribution in [3.63, 3.8) is 0 Å². The smallest absolute Gasteiger partial charge is 0.407 e. The van der Waals surface area contributed by atoms with Crippen molar-refractivity contribution in [3.8, 4) is 0 Å². The molecular formula is C17H26N2O8S. The number of thiol groups is 1. The molecule has 2 N–H and O–H groups in total. The van der Waals surface area contributed by atoms with Crippen molar-refractivity contribution in [2.75, 3.05) is 38.7 Å². The minimum absolute atomic E-state index is 0.0361. The maximum Gasteiger partial charge on any atom is 0.407 e. The van der Waals surface area contributed by atoms with Crippen molar-refractivity contribution in [2.45, 2.75) is 20.0 Å². The summed E-state index contributed by atoms with van der Waals surface area (Å²) in [5.41, 5.74) is 0.505. The topological polar surface area (TPSA) is 129 Å². The monoisotopic (exact) mass is 418 g/mol. The zero-order chi connectivity index (χ0) is 21.5. The fourth-order valence-corrected chi connectivity index (χ4v) is 1.56. The van der Waals surface area contributed by atoms with E-state index in [2.05, 4.69) is 36.4 Å². The Kier molecular flexibility index (Phi) is 13.0. The van der Waals surface area contributed by atoms with Crippen LogP contribution in [0.25, 0.3) is 0 Å². The van der Waals surface area contributed by atoms with Gasteiger partial charge in [0.25, 0.3) is 0 Å². The molecule has 0 aromatic carbocycles. The normalized spacial score (nSPS) is 10.8. The number of esters is 2. The minimum Gasteiger partial charge on any atom is -0.460 e. The van der Waals surface area contributed by atoms with Crippen molar-refractivity contribution in [1.82, 2.24) is 10.6 Å². The number of carbonyl (C=O) groups is 4. The van der Waals surface area contributed by atoms with E-state index in [0.29, 0.717) is 0 Å². The van der Waals surface area contributed by atoms with Crippen LogP contribution in [-0.4, -0.2) is 68.9 Å². The predicted octanol–water partition coefficient (Wildman–Crippen LogP) is 0.976. The van der Waals surface area contributed by atoms with Gasteiger partial charge >= 0.3 is 24.1 Å². The van der Waals surface area contributed by atoms with Crippen LogP contribution in [0.2, 0.25) is 0 Å². The molecule has 1 unspecified atom stereocenters. The molecule has 0 radical (unpaired) electrons. The highest BCUT2D eigenvalue weighted by Gasteiger charge is 2.15. The molecule has 0 aliphatic heterocycles. The van der Waals surface area contributed by atoms with E-state index in [0.717, 1.165) is 0 Å². The average molecular weight is 418 g/mol. The molecule has 0 spiro atoms. The van der Waals surface area contributed by atoms with E-state index in [1.807, 2.05) is 0 Å². The zero-order valence-corrected chi connectivity index (χ0v) is 16.8. The van der Waals surface area contributed by atoms with Crippen LogP contribution >= 0.6 is 12.6 Å². The average Bonchev–Trinajstić information content (AvgIpc) is 2.64. The van der Waals surface area contributed by atoms with Crippen LogP contribution in [-0.2, 0) is 28.5 Å². The number of hydrogen-bond donors (Lipinski definition) is 3. The van der Waals surface area contributed by atoms with Gasteiger partial charge in [-0.25, -0.2) is 19.2 Å². The number of carbonyl (C=O) groups excluding carboxylic acids is 4. The molecule has 0 aromatic heterocycles. The highest BCUT2D eigenvalue weighted by Crippen LogP contribution is 1.98. The Morgan fingerprint density at radius 2 is 1.32 bits per heavy atom. The van der Waals surface area contributed by atoms with Crippen LogP contribution < -0.4 is 10.6 Å². The van der Waals surface area contributed by atoms with Gasteiger partial charge in [0.1, 0.15) is 25.9 Å². The van der Waals surface area contributed by atoms with Crippen molar-refractivity contribution in [2.24, 2.45) is 0 Å². The highest BCUT2D eigenvalue weighted by atomic mass is 32.1. The number of alkyl carbamates (subject to hydrolysis) is 2. The van der Waals surface area contributed by atoms with Crippen molar-refractivity contribution < 1.29 is 38.1 Å². The second-order valence-electron chi connectivity index (χ2n) is 5.49. The first-order valence-corrected chi connectivity index (χ1v) is 8.91. The van der Waals surface area contributed by atoms with E-state index in [1.54, 1.807) is 0 Å². The molecule has 0 saturated carbocycles. The standard InChI is InChI=1S/C17H26N2O8S/c1-11(2)14(20)24-7-5-18-16(22)26-9-13(10-28)27-17(23)19-6-8-25-15(21)12(3)4/h13,28H,1,3,5-10H2,2,4H3,(H,18,22)(H,19,23). The fourth-order valence-electron chi connectivity index (χ4n) is 1.38. The molecule has 0 aliphatic carbocycles. The third-order valence-electron chi connectivity index (χ3n) is 2.78. The maximum atomic E-state index is 11.6. The van der Waals surface area contributed by atoms with Crippen LogP contribution in [0.1, 0.15) is 13.8 Å². The van der Waals surface area contributed by atoms with E-state index >= 15 is 0 Å². The lowest BCUT2D eigenvalue weighted by Crippen LogP contribution is -2.36. The van der Waals surface area contributed by atoms with Gasteiger partial charge < -0.3 is 29.6 Å². The molecule has 0 bridgehead atoms. The zero-order valence-electron chi connectivity index (χ0n) is 15.9. The van der Waals surface area contributed by atoms with Crippen molar-refractivity contribution in [3.05, 3.63) is 24.3 Å². The van der Waals surface area contributed by atoms with Crippen LogP contribution in [0.3, 0.4) is 0 Å². The molecule has 28 heavy (non-hydrogen) atoms. The first-order valence-electron chi connectivity index (χ1n) is 8.28. The summed E-state index contributed by atoms with van der Waals surface area (Å²) in [6, 6.07) is 0. The molecule has 10 nitrogen and oxygen atoms in total. The Labute approximate surface area is 169 Å². The Bertz CT molecular complexity index is 594. The summed E-state index contributed by atoms with van der Waals surface area (Å²) in [7, 11) is 0. The fraction of sp³-hybridized carbons (Fsp3) is 0.529. The second-order valence-corrected chi connectivity index (χ2v) is 5.86. The SMILES string of the molecule is C=C(C)C(=O)OCCNC(=O)OCC(CS)OC(=O)NCCOC(=O)C(=C)C. The molecule has 0 aromatic rings. The van der Waals surface area contributed by atoms with Crippen molar-refractivity contribution in [1.29, 1.82) is 0 Å². The van der Waals surface area contributed by atoms with Crippen LogP contribution in [0, 0.1) is 0 Å². The van der Waals surface area contributed by atoms with Gasteiger partial charge in [0, 0.05) is 16.9 Å². The lowest BCUT2D eigenvalue weighted by molar-refractivity contribution is -0.139. The predicted molar refractivity (Wildman–Crippen MR) is 103 cm³/mol. The van der Waals surface area contributed by atoms with E-state index in [4.69, 9.17) is 18.9 Å². The summed E-state index contributed by atoms with van der Waals surface area (Å²) in [5, 5.41) is 4.74. The van der Waals surface area contributed by atoms with Gasteiger partial charge in [-0.3, -0.25) is 0 Å². The van der Waals surface area contributed by atoms with Gasteiger partial charge in [-0.15, -0.1) is 0 Å². The Morgan fingerprint density at radius 1 is 0.857 bits per heavy atom.